The average molecular weight is 833 g/mol. The number of hydrogen-bond donors (Lipinski definition) is 1. The lowest BCUT2D eigenvalue weighted by Crippen LogP contribution is -2.41. The number of benzene rings is 1. The van der Waals surface area contributed by atoms with Crippen molar-refractivity contribution in [3.05, 3.63) is 40.5 Å². The number of nitrogens with zero attached hydrogens (tertiary/aromatic N) is 9. The molecule has 1 N–H and O–H groups in total. The van der Waals surface area contributed by atoms with E-state index < -0.39 is 23.7 Å². The van der Waals surface area contributed by atoms with E-state index in [-0.39, 0.29) is 104 Å². The minimum atomic E-state index is -0.885. The van der Waals surface area contributed by atoms with E-state index in [9.17, 15) is 24.0 Å². The van der Waals surface area contributed by atoms with Gasteiger partial charge in [-0.2, -0.15) is 0 Å². The molecule has 59 heavy (non-hydrogen) atoms. The van der Waals surface area contributed by atoms with Crippen molar-refractivity contribution in [1.29, 1.82) is 0 Å². The first kappa shape index (κ1) is 48.0. The molecular formula is C36H52N10O13. The standard InChI is InChI=1S/C36H52N10O13/c1-28-40-42-36(43-41-28)29-2-4-30(5-3-29)58-27-26-57-25-24-56-23-22-55-21-18-52-15-10-32(48)45(14-17-54-20-19-53-16-12-39-44-37)13-11-38-31(47)6-9-35(51)59-46-33(49)7-8-34(46)50/h2-5H,6-27H2,1H3,(H,38,47). The van der Waals surface area contributed by atoms with Crippen molar-refractivity contribution < 1.29 is 62.0 Å². The molecule has 23 heteroatoms. The molecule has 324 valence electrons. The first-order valence-corrected chi connectivity index (χ1v) is 19.1. The highest BCUT2D eigenvalue weighted by Crippen LogP contribution is 2.18. The summed E-state index contributed by atoms with van der Waals surface area (Å²) in [5.41, 5.74) is 9.09. The largest absolute Gasteiger partial charge is 0.491 e. The van der Waals surface area contributed by atoms with Crippen LogP contribution in [-0.4, -0.2) is 172 Å². The van der Waals surface area contributed by atoms with Crippen LogP contribution in [0, 0.1) is 6.92 Å². The second-order valence-electron chi connectivity index (χ2n) is 12.3. The molecule has 0 aliphatic carbocycles. The van der Waals surface area contributed by atoms with Crippen molar-refractivity contribution >= 4 is 29.6 Å². The molecule has 0 unspecified atom stereocenters. The fraction of sp³-hybridized carbons (Fsp3) is 0.639. The summed E-state index contributed by atoms with van der Waals surface area (Å²) >= 11 is 0. The summed E-state index contributed by atoms with van der Waals surface area (Å²) in [5.74, 6) is -1.17. The zero-order chi connectivity index (χ0) is 42.3. The van der Waals surface area contributed by atoms with E-state index in [0.29, 0.717) is 68.7 Å². The fourth-order valence-electron chi connectivity index (χ4n) is 4.84. The predicted molar refractivity (Wildman–Crippen MR) is 203 cm³/mol. The van der Waals surface area contributed by atoms with Crippen molar-refractivity contribution in [2.45, 2.75) is 39.0 Å². The van der Waals surface area contributed by atoms with E-state index in [2.05, 4.69) is 35.7 Å². The fourth-order valence-corrected chi connectivity index (χ4v) is 4.84. The summed E-state index contributed by atoms with van der Waals surface area (Å²) in [6, 6.07) is 7.29. The van der Waals surface area contributed by atoms with E-state index in [0.717, 1.165) is 5.56 Å². The van der Waals surface area contributed by atoms with Crippen LogP contribution in [0.4, 0.5) is 0 Å². The summed E-state index contributed by atoms with van der Waals surface area (Å²) in [6.45, 7) is 6.46. The molecule has 1 aliphatic heterocycles. The Hall–Kier alpha value is -5.42. The zero-order valence-electron chi connectivity index (χ0n) is 33.2. The van der Waals surface area contributed by atoms with Gasteiger partial charge in [-0.15, -0.1) is 25.5 Å². The second kappa shape index (κ2) is 29.7. The lowest BCUT2D eigenvalue weighted by molar-refractivity contribution is -0.197. The van der Waals surface area contributed by atoms with Crippen LogP contribution in [0.1, 0.15) is 37.9 Å². The highest BCUT2D eigenvalue weighted by molar-refractivity contribution is 6.01. The third-order valence-corrected chi connectivity index (χ3v) is 7.85. The molecule has 1 aromatic heterocycles. The number of hydroxylamine groups is 2. The molecule has 1 aromatic carbocycles. The van der Waals surface area contributed by atoms with Gasteiger partial charge in [-0.3, -0.25) is 19.2 Å². The van der Waals surface area contributed by atoms with E-state index in [1.807, 2.05) is 24.3 Å². The van der Waals surface area contributed by atoms with Gasteiger partial charge in [0.25, 0.3) is 11.8 Å². The van der Waals surface area contributed by atoms with Crippen molar-refractivity contribution in [2.75, 3.05) is 112 Å². The third kappa shape index (κ3) is 21.2. The van der Waals surface area contributed by atoms with E-state index in [1.54, 1.807) is 6.92 Å². The molecule has 3 rings (SSSR count). The summed E-state index contributed by atoms with van der Waals surface area (Å²) in [5, 5.41) is 22.3. The van der Waals surface area contributed by atoms with Gasteiger partial charge in [0.1, 0.15) is 12.4 Å². The number of carbonyl (C=O) groups excluding carboxylic acids is 5. The van der Waals surface area contributed by atoms with Crippen LogP contribution in [0.2, 0.25) is 0 Å². The van der Waals surface area contributed by atoms with Gasteiger partial charge in [-0.25, -0.2) is 4.79 Å². The Labute approximate surface area is 340 Å². The van der Waals surface area contributed by atoms with Crippen molar-refractivity contribution in [3.8, 4) is 17.1 Å². The maximum absolute atomic E-state index is 13.0. The molecule has 2 heterocycles. The Bertz CT molecular complexity index is 1600. The Balaban J connectivity index is 1.20. The summed E-state index contributed by atoms with van der Waals surface area (Å²) in [7, 11) is 0. The van der Waals surface area contributed by atoms with E-state index in [4.69, 9.17) is 43.5 Å². The maximum atomic E-state index is 13.0. The van der Waals surface area contributed by atoms with Gasteiger partial charge in [-0.05, 0) is 36.7 Å². The summed E-state index contributed by atoms with van der Waals surface area (Å²) < 4.78 is 38.7. The predicted octanol–water partition coefficient (Wildman–Crippen LogP) is 0.753. The van der Waals surface area contributed by atoms with E-state index in [1.165, 1.54) is 4.90 Å². The number of nitrogens with one attached hydrogen (secondary N) is 1. The molecule has 0 spiro atoms. The number of aromatic nitrogens is 4. The van der Waals surface area contributed by atoms with Crippen molar-refractivity contribution in [3.63, 3.8) is 0 Å². The molecule has 23 nitrogen and oxygen atoms in total. The first-order chi connectivity index (χ1) is 28.8. The first-order valence-electron chi connectivity index (χ1n) is 19.1. The van der Waals surface area contributed by atoms with Crippen LogP contribution in [-0.2, 0) is 57.2 Å². The molecule has 0 bridgehead atoms. The highest BCUT2D eigenvalue weighted by atomic mass is 16.7. The van der Waals surface area contributed by atoms with E-state index >= 15 is 0 Å². The monoisotopic (exact) mass is 832 g/mol. The van der Waals surface area contributed by atoms with Gasteiger partial charge in [0.2, 0.25) is 17.6 Å². The van der Waals surface area contributed by atoms with Gasteiger partial charge in [0.15, 0.2) is 5.82 Å². The Morgan fingerprint density at radius 1 is 0.729 bits per heavy atom. The minimum Gasteiger partial charge on any atom is -0.491 e. The lowest BCUT2D eigenvalue weighted by atomic mass is 10.2. The molecule has 1 fully saturated rings. The van der Waals surface area contributed by atoms with Crippen LogP contribution in [0.25, 0.3) is 21.8 Å². The van der Waals surface area contributed by atoms with Gasteiger partial charge in [0.05, 0.1) is 92.1 Å². The highest BCUT2D eigenvalue weighted by Gasteiger charge is 2.32. The van der Waals surface area contributed by atoms with Crippen molar-refractivity contribution in [2.24, 2.45) is 5.11 Å². The summed E-state index contributed by atoms with van der Waals surface area (Å²) in [4.78, 5) is 69.4. The van der Waals surface area contributed by atoms with Gasteiger partial charge in [-0.1, -0.05) is 5.11 Å². The topological polar surface area (TPSA) is 278 Å². The quantitative estimate of drug-likeness (QED) is 0.0341. The molecule has 2 aromatic rings. The van der Waals surface area contributed by atoms with Crippen LogP contribution >= 0.6 is 0 Å². The van der Waals surface area contributed by atoms with Gasteiger partial charge >= 0.3 is 5.97 Å². The molecule has 0 atom stereocenters. The maximum Gasteiger partial charge on any atom is 0.333 e. The molecule has 1 saturated heterocycles. The molecule has 4 amide bonds. The smallest absolute Gasteiger partial charge is 0.333 e. The normalized spacial score (nSPS) is 12.3. The Morgan fingerprint density at radius 2 is 1.29 bits per heavy atom. The van der Waals surface area contributed by atoms with Crippen LogP contribution in [0.15, 0.2) is 29.4 Å². The lowest BCUT2D eigenvalue weighted by Gasteiger charge is -2.23. The SMILES string of the molecule is Cc1nnc(-c2ccc(OCCOCCOCCOCCOCCC(=O)N(CCNC(=O)CCC(=O)ON3C(=O)CCC3=O)CCOCCOCCN=[N+]=[N-])cc2)nn1. The molecular weight excluding hydrogens is 780 g/mol. The third-order valence-electron chi connectivity index (χ3n) is 7.85. The number of aryl methyl sites for hydroxylation is 1. The summed E-state index contributed by atoms with van der Waals surface area (Å²) in [6.07, 6.45) is -0.562. The number of rotatable bonds is 33. The number of azide groups is 1. The number of hydrogen-bond acceptors (Lipinski definition) is 18. The number of ether oxygens (including phenoxy) is 7. The zero-order valence-corrected chi connectivity index (χ0v) is 33.2. The average Bonchev–Trinajstić information content (AvgIpc) is 3.55. The Morgan fingerprint density at radius 3 is 1.90 bits per heavy atom. The second-order valence-corrected chi connectivity index (χ2v) is 12.3. The van der Waals surface area contributed by atoms with Crippen LogP contribution in [0.3, 0.4) is 0 Å². The Kier molecular flexibility index (Phi) is 24.2. The van der Waals surface area contributed by atoms with Crippen LogP contribution < -0.4 is 10.1 Å². The number of imide groups is 1. The molecule has 1 aliphatic rings. The molecule has 0 radical (unpaired) electrons. The minimum absolute atomic E-state index is 0.0319. The van der Waals surface area contributed by atoms with Crippen molar-refractivity contribution in [1.82, 2.24) is 35.7 Å². The number of carbonyl (C=O) groups is 5. The number of amides is 4. The van der Waals surface area contributed by atoms with Crippen LogP contribution in [0.5, 0.6) is 5.75 Å². The van der Waals surface area contributed by atoms with Gasteiger partial charge in [0, 0.05) is 55.9 Å². The van der Waals surface area contributed by atoms with Gasteiger partial charge < -0.3 is 48.2 Å². The molecule has 0 saturated carbocycles.